The van der Waals surface area contributed by atoms with Crippen molar-refractivity contribution in [3.05, 3.63) is 29.8 Å². The summed E-state index contributed by atoms with van der Waals surface area (Å²) < 4.78 is 6.03. The standard InChI is InChI=1S/C15H22N2O/c1-16-10-13-6-4-8-17(13)11-14-9-12-5-2-3-7-15(12)18-14/h2-3,5,7,13-14,16H,4,6,8-11H2,1H3. The number of nitrogens with one attached hydrogen (secondary N) is 1. The van der Waals surface area contributed by atoms with Gasteiger partial charge in [-0.05, 0) is 38.1 Å². The van der Waals surface area contributed by atoms with Gasteiger partial charge >= 0.3 is 0 Å². The fourth-order valence-electron chi connectivity index (χ4n) is 3.22. The molecule has 3 rings (SSSR count). The molecule has 98 valence electrons. The third-order valence-electron chi connectivity index (χ3n) is 4.09. The Morgan fingerprint density at radius 3 is 3.11 bits per heavy atom. The number of benzene rings is 1. The number of likely N-dealkylation sites (N-methyl/N-ethyl adjacent to an activating group) is 1. The van der Waals surface area contributed by atoms with Crippen molar-refractivity contribution in [2.45, 2.75) is 31.4 Å². The van der Waals surface area contributed by atoms with Crippen molar-refractivity contribution < 1.29 is 4.74 Å². The van der Waals surface area contributed by atoms with E-state index in [0.29, 0.717) is 12.1 Å². The first-order valence-electron chi connectivity index (χ1n) is 7.00. The third-order valence-corrected chi connectivity index (χ3v) is 4.09. The Hall–Kier alpha value is -1.06. The molecule has 2 aliphatic rings. The van der Waals surface area contributed by atoms with Gasteiger partial charge in [-0.3, -0.25) is 4.90 Å². The summed E-state index contributed by atoms with van der Waals surface area (Å²) in [6.45, 7) is 3.39. The fourth-order valence-corrected chi connectivity index (χ4v) is 3.22. The lowest BCUT2D eigenvalue weighted by atomic mass is 10.1. The topological polar surface area (TPSA) is 24.5 Å². The van der Waals surface area contributed by atoms with E-state index in [2.05, 4.69) is 34.5 Å². The average molecular weight is 246 g/mol. The molecule has 0 aliphatic carbocycles. The van der Waals surface area contributed by atoms with Gasteiger partial charge in [-0.2, -0.15) is 0 Å². The maximum Gasteiger partial charge on any atom is 0.123 e. The number of hydrogen-bond donors (Lipinski definition) is 1. The number of fused-ring (bicyclic) bond motifs is 1. The van der Waals surface area contributed by atoms with Crippen molar-refractivity contribution in [1.29, 1.82) is 0 Å². The summed E-state index contributed by atoms with van der Waals surface area (Å²) in [5.74, 6) is 1.09. The van der Waals surface area contributed by atoms with Crippen molar-refractivity contribution in [3.8, 4) is 5.75 Å². The Bertz CT molecular complexity index is 382. The van der Waals surface area contributed by atoms with Gasteiger partial charge in [-0.15, -0.1) is 0 Å². The van der Waals surface area contributed by atoms with Crippen LogP contribution in [0.25, 0.3) is 0 Å². The van der Waals surface area contributed by atoms with E-state index >= 15 is 0 Å². The summed E-state index contributed by atoms with van der Waals surface area (Å²) in [7, 11) is 2.04. The molecule has 0 spiro atoms. The molecule has 2 unspecified atom stereocenters. The predicted octanol–water partition coefficient (Wildman–Crippen LogP) is 1.67. The van der Waals surface area contributed by atoms with Crippen molar-refractivity contribution in [3.63, 3.8) is 0 Å². The number of hydrogen-bond acceptors (Lipinski definition) is 3. The molecule has 1 N–H and O–H groups in total. The number of nitrogens with zero attached hydrogens (tertiary/aromatic N) is 1. The quantitative estimate of drug-likeness (QED) is 0.874. The van der Waals surface area contributed by atoms with Gasteiger partial charge in [0.05, 0.1) is 0 Å². The minimum Gasteiger partial charge on any atom is -0.488 e. The van der Waals surface area contributed by atoms with E-state index in [1.54, 1.807) is 0 Å². The number of ether oxygens (including phenoxy) is 1. The van der Waals surface area contributed by atoms with Gasteiger partial charge in [0.15, 0.2) is 0 Å². The molecule has 0 amide bonds. The summed E-state index contributed by atoms with van der Waals surface area (Å²) in [5.41, 5.74) is 1.37. The average Bonchev–Trinajstić information content (AvgIpc) is 2.97. The molecule has 0 bridgehead atoms. The minimum atomic E-state index is 0.347. The maximum atomic E-state index is 6.03. The van der Waals surface area contributed by atoms with Crippen molar-refractivity contribution in [2.24, 2.45) is 0 Å². The van der Waals surface area contributed by atoms with Crippen LogP contribution >= 0.6 is 0 Å². The first-order chi connectivity index (χ1) is 8.86. The SMILES string of the molecule is CNCC1CCCN1CC1Cc2ccccc2O1. The molecule has 3 heteroatoms. The molecule has 1 aromatic rings. The van der Waals surface area contributed by atoms with Crippen LogP contribution in [0.15, 0.2) is 24.3 Å². The molecule has 2 atom stereocenters. The zero-order chi connectivity index (χ0) is 12.4. The van der Waals surface area contributed by atoms with E-state index in [4.69, 9.17) is 4.74 Å². The lowest BCUT2D eigenvalue weighted by Gasteiger charge is -2.26. The summed E-state index contributed by atoms with van der Waals surface area (Å²) >= 11 is 0. The largest absolute Gasteiger partial charge is 0.488 e. The molecular formula is C15H22N2O. The molecular weight excluding hydrogens is 224 g/mol. The van der Waals surface area contributed by atoms with Crippen LogP contribution in [0.5, 0.6) is 5.75 Å². The Kier molecular flexibility index (Phi) is 3.52. The highest BCUT2D eigenvalue weighted by Gasteiger charge is 2.30. The Morgan fingerprint density at radius 2 is 2.28 bits per heavy atom. The summed E-state index contributed by atoms with van der Waals surface area (Å²) in [6.07, 6.45) is 4.06. The van der Waals surface area contributed by atoms with E-state index in [1.807, 2.05) is 7.05 Å². The first-order valence-corrected chi connectivity index (χ1v) is 7.00. The highest BCUT2D eigenvalue weighted by atomic mass is 16.5. The van der Waals surface area contributed by atoms with Crippen LogP contribution in [0, 0.1) is 0 Å². The van der Waals surface area contributed by atoms with Crippen LogP contribution in [0.3, 0.4) is 0 Å². The van der Waals surface area contributed by atoms with Gasteiger partial charge in [0.1, 0.15) is 11.9 Å². The van der Waals surface area contributed by atoms with Gasteiger partial charge in [0, 0.05) is 25.6 Å². The zero-order valence-corrected chi connectivity index (χ0v) is 11.1. The van der Waals surface area contributed by atoms with Crippen molar-refractivity contribution in [2.75, 3.05) is 26.7 Å². The first kappa shape index (κ1) is 12.0. The highest BCUT2D eigenvalue weighted by Crippen LogP contribution is 2.29. The summed E-state index contributed by atoms with van der Waals surface area (Å²) in [4.78, 5) is 2.59. The minimum absolute atomic E-state index is 0.347. The van der Waals surface area contributed by atoms with E-state index in [0.717, 1.165) is 25.3 Å². The van der Waals surface area contributed by atoms with Crippen molar-refractivity contribution >= 4 is 0 Å². The number of likely N-dealkylation sites (tertiary alicyclic amines) is 1. The molecule has 0 radical (unpaired) electrons. The Balaban J connectivity index is 1.59. The molecule has 2 heterocycles. The summed E-state index contributed by atoms with van der Waals surface area (Å²) in [6, 6.07) is 9.13. The Morgan fingerprint density at radius 1 is 1.39 bits per heavy atom. The van der Waals surface area contributed by atoms with Crippen LogP contribution in [0.2, 0.25) is 0 Å². The van der Waals surface area contributed by atoms with E-state index in [-0.39, 0.29) is 0 Å². The molecule has 18 heavy (non-hydrogen) atoms. The molecule has 0 aromatic heterocycles. The van der Waals surface area contributed by atoms with Gasteiger partial charge < -0.3 is 10.1 Å². The summed E-state index contributed by atoms with van der Waals surface area (Å²) in [5, 5.41) is 3.30. The highest BCUT2D eigenvalue weighted by molar-refractivity contribution is 5.37. The van der Waals surface area contributed by atoms with E-state index in [9.17, 15) is 0 Å². The van der Waals surface area contributed by atoms with Crippen LogP contribution < -0.4 is 10.1 Å². The normalized spacial score (nSPS) is 27.2. The molecule has 0 saturated carbocycles. The van der Waals surface area contributed by atoms with Gasteiger partial charge in [0.25, 0.3) is 0 Å². The molecule has 3 nitrogen and oxygen atoms in total. The second-order valence-electron chi connectivity index (χ2n) is 5.40. The monoisotopic (exact) mass is 246 g/mol. The number of para-hydroxylation sites is 1. The molecule has 1 fully saturated rings. The van der Waals surface area contributed by atoms with Crippen LogP contribution in [-0.2, 0) is 6.42 Å². The van der Waals surface area contributed by atoms with Crippen LogP contribution in [0.4, 0.5) is 0 Å². The lowest BCUT2D eigenvalue weighted by molar-refractivity contribution is 0.141. The maximum absolute atomic E-state index is 6.03. The van der Waals surface area contributed by atoms with Crippen LogP contribution in [-0.4, -0.2) is 43.7 Å². The number of rotatable bonds is 4. The predicted molar refractivity (Wildman–Crippen MR) is 73.1 cm³/mol. The molecule has 1 saturated heterocycles. The lowest BCUT2D eigenvalue weighted by Crippen LogP contribution is -2.42. The van der Waals surface area contributed by atoms with E-state index < -0.39 is 0 Å². The second kappa shape index (κ2) is 5.29. The van der Waals surface area contributed by atoms with Gasteiger partial charge in [0.2, 0.25) is 0 Å². The zero-order valence-electron chi connectivity index (χ0n) is 11.1. The molecule has 2 aliphatic heterocycles. The fraction of sp³-hybridized carbons (Fsp3) is 0.600. The third kappa shape index (κ3) is 2.38. The molecule has 1 aromatic carbocycles. The van der Waals surface area contributed by atoms with E-state index in [1.165, 1.54) is 24.9 Å². The Labute approximate surface area is 109 Å². The van der Waals surface area contributed by atoms with Crippen LogP contribution in [0.1, 0.15) is 18.4 Å². The van der Waals surface area contributed by atoms with Gasteiger partial charge in [-0.1, -0.05) is 18.2 Å². The van der Waals surface area contributed by atoms with Gasteiger partial charge in [-0.25, -0.2) is 0 Å². The second-order valence-corrected chi connectivity index (χ2v) is 5.40. The smallest absolute Gasteiger partial charge is 0.123 e. The van der Waals surface area contributed by atoms with Crippen molar-refractivity contribution in [1.82, 2.24) is 10.2 Å².